The molecule has 94 valence electrons. The monoisotopic (exact) mass is 251 g/mol. The average Bonchev–Trinajstić information content (AvgIpc) is 2.97. The van der Waals surface area contributed by atoms with Crippen molar-refractivity contribution < 1.29 is 4.79 Å². The standard InChI is InChI=1S/C14H21NOS/c1-2-13-5-6-14(17-13)9-12(16)4-3-11-7-8-15-10-11/h5-6,11,15H,2-4,7-10H2,1H3. The number of rotatable bonds is 6. The molecule has 1 aromatic rings. The van der Waals surface area contributed by atoms with Gasteiger partial charge in [-0.05, 0) is 50.4 Å². The normalized spacial score (nSPS) is 19.7. The van der Waals surface area contributed by atoms with Crippen LogP contribution >= 0.6 is 11.3 Å². The lowest BCUT2D eigenvalue weighted by atomic mass is 10.00. The molecule has 2 rings (SSSR count). The van der Waals surface area contributed by atoms with Crippen LogP contribution < -0.4 is 5.32 Å². The molecule has 1 atom stereocenters. The topological polar surface area (TPSA) is 29.1 Å². The molecule has 1 unspecified atom stereocenters. The number of ketones is 1. The van der Waals surface area contributed by atoms with Crippen LogP contribution in [0.1, 0.15) is 35.9 Å². The van der Waals surface area contributed by atoms with Crippen LogP contribution in [0.4, 0.5) is 0 Å². The number of nitrogens with one attached hydrogen (secondary N) is 1. The lowest BCUT2D eigenvalue weighted by Gasteiger charge is -2.06. The van der Waals surface area contributed by atoms with Crippen molar-refractivity contribution in [3.05, 3.63) is 21.9 Å². The van der Waals surface area contributed by atoms with Crippen LogP contribution in [0.5, 0.6) is 0 Å². The van der Waals surface area contributed by atoms with E-state index in [1.807, 2.05) is 0 Å². The summed E-state index contributed by atoms with van der Waals surface area (Å²) in [6, 6.07) is 4.26. The Kier molecular flexibility index (Phi) is 4.75. The first-order chi connectivity index (χ1) is 8.28. The van der Waals surface area contributed by atoms with Crippen LogP contribution in [0.2, 0.25) is 0 Å². The van der Waals surface area contributed by atoms with Gasteiger partial charge in [-0.3, -0.25) is 4.79 Å². The summed E-state index contributed by atoms with van der Waals surface area (Å²) in [6.07, 6.45) is 4.78. The Labute approximate surface area is 107 Å². The molecule has 0 saturated carbocycles. The fourth-order valence-electron chi connectivity index (χ4n) is 2.32. The Bertz CT molecular complexity index is 366. The van der Waals surface area contributed by atoms with Crippen molar-refractivity contribution in [3.63, 3.8) is 0 Å². The predicted molar refractivity (Wildman–Crippen MR) is 72.6 cm³/mol. The molecule has 3 heteroatoms. The second kappa shape index (κ2) is 6.31. The first-order valence-corrected chi connectivity index (χ1v) is 7.39. The summed E-state index contributed by atoms with van der Waals surface area (Å²) >= 11 is 1.79. The molecule has 1 aromatic heterocycles. The Balaban J connectivity index is 1.72. The number of carbonyl (C=O) groups excluding carboxylic acids is 1. The van der Waals surface area contributed by atoms with Gasteiger partial charge in [0.1, 0.15) is 5.78 Å². The zero-order valence-electron chi connectivity index (χ0n) is 10.5. The Morgan fingerprint density at radius 2 is 2.29 bits per heavy atom. The maximum atomic E-state index is 11.9. The van der Waals surface area contributed by atoms with Crippen LogP contribution in [0, 0.1) is 5.92 Å². The summed E-state index contributed by atoms with van der Waals surface area (Å²) in [6.45, 7) is 4.39. The molecular formula is C14H21NOS. The molecule has 0 bridgehead atoms. The highest BCUT2D eigenvalue weighted by atomic mass is 32.1. The second-order valence-electron chi connectivity index (χ2n) is 4.83. The maximum Gasteiger partial charge on any atom is 0.138 e. The van der Waals surface area contributed by atoms with E-state index in [2.05, 4.69) is 24.4 Å². The molecule has 1 saturated heterocycles. The number of hydrogen-bond acceptors (Lipinski definition) is 3. The summed E-state index contributed by atoms with van der Waals surface area (Å²) in [4.78, 5) is 14.5. The molecular weight excluding hydrogens is 230 g/mol. The second-order valence-corrected chi connectivity index (χ2v) is 6.09. The third-order valence-electron chi connectivity index (χ3n) is 3.43. The third-order valence-corrected chi connectivity index (χ3v) is 4.66. The van der Waals surface area contributed by atoms with E-state index in [9.17, 15) is 4.79 Å². The van der Waals surface area contributed by atoms with Gasteiger partial charge >= 0.3 is 0 Å². The van der Waals surface area contributed by atoms with Crippen molar-refractivity contribution >= 4 is 17.1 Å². The first-order valence-electron chi connectivity index (χ1n) is 6.58. The van der Waals surface area contributed by atoms with E-state index in [0.29, 0.717) is 12.2 Å². The van der Waals surface area contributed by atoms with Gasteiger partial charge in [-0.2, -0.15) is 0 Å². The molecule has 17 heavy (non-hydrogen) atoms. The smallest absolute Gasteiger partial charge is 0.138 e. The van der Waals surface area contributed by atoms with Gasteiger partial charge in [0.2, 0.25) is 0 Å². The van der Waals surface area contributed by atoms with Crippen LogP contribution in [-0.2, 0) is 17.6 Å². The highest BCUT2D eigenvalue weighted by molar-refractivity contribution is 7.12. The summed E-state index contributed by atoms with van der Waals surface area (Å²) in [5.74, 6) is 1.13. The summed E-state index contributed by atoms with van der Waals surface area (Å²) < 4.78 is 0. The van der Waals surface area contributed by atoms with Crippen molar-refractivity contribution in [1.29, 1.82) is 0 Å². The highest BCUT2D eigenvalue weighted by Gasteiger charge is 2.16. The predicted octanol–water partition coefficient (Wildman–Crippen LogP) is 2.81. The zero-order chi connectivity index (χ0) is 12.1. The van der Waals surface area contributed by atoms with Crippen LogP contribution in [0.3, 0.4) is 0 Å². The minimum absolute atomic E-state index is 0.404. The van der Waals surface area contributed by atoms with E-state index in [4.69, 9.17) is 0 Å². The number of hydrogen-bond donors (Lipinski definition) is 1. The summed E-state index contributed by atoms with van der Waals surface area (Å²) in [5.41, 5.74) is 0. The quantitative estimate of drug-likeness (QED) is 0.842. The minimum Gasteiger partial charge on any atom is -0.316 e. The van der Waals surface area contributed by atoms with E-state index in [-0.39, 0.29) is 0 Å². The van der Waals surface area contributed by atoms with E-state index in [1.165, 1.54) is 16.2 Å². The molecule has 2 nitrogen and oxygen atoms in total. The fourth-order valence-corrected chi connectivity index (χ4v) is 3.30. The molecule has 1 N–H and O–H groups in total. The van der Waals surface area contributed by atoms with E-state index in [1.54, 1.807) is 11.3 Å². The lowest BCUT2D eigenvalue weighted by molar-refractivity contribution is -0.118. The molecule has 0 aromatic carbocycles. The molecule has 0 aliphatic carbocycles. The minimum atomic E-state index is 0.404. The van der Waals surface area contributed by atoms with Gasteiger partial charge in [0.05, 0.1) is 0 Å². The van der Waals surface area contributed by atoms with Crippen molar-refractivity contribution in [2.45, 2.75) is 39.0 Å². The molecule has 1 fully saturated rings. The molecule has 0 spiro atoms. The van der Waals surface area contributed by atoms with Crippen LogP contribution in [0.25, 0.3) is 0 Å². The number of thiophene rings is 1. The first kappa shape index (κ1) is 12.8. The average molecular weight is 251 g/mol. The van der Waals surface area contributed by atoms with Crippen molar-refractivity contribution in [2.24, 2.45) is 5.92 Å². The van der Waals surface area contributed by atoms with E-state index >= 15 is 0 Å². The van der Waals surface area contributed by atoms with Gasteiger partial charge in [-0.15, -0.1) is 11.3 Å². The van der Waals surface area contributed by atoms with Gasteiger partial charge in [0.15, 0.2) is 0 Å². The molecule has 0 radical (unpaired) electrons. The molecule has 1 aliphatic rings. The van der Waals surface area contributed by atoms with Gasteiger partial charge in [-0.1, -0.05) is 6.92 Å². The lowest BCUT2D eigenvalue weighted by Crippen LogP contribution is -2.11. The number of aryl methyl sites for hydroxylation is 1. The zero-order valence-corrected chi connectivity index (χ0v) is 11.3. The SMILES string of the molecule is CCc1ccc(CC(=O)CCC2CCNC2)s1. The summed E-state index contributed by atoms with van der Waals surface area (Å²) in [7, 11) is 0. The van der Waals surface area contributed by atoms with Crippen molar-refractivity contribution in [2.75, 3.05) is 13.1 Å². The largest absolute Gasteiger partial charge is 0.316 e. The van der Waals surface area contributed by atoms with Gasteiger partial charge < -0.3 is 5.32 Å². The highest BCUT2D eigenvalue weighted by Crippen LogP contribution is 2.20. The third kappa shape index (κ3) is 3.93. The van der Waals surface area contributed by atoms with Crippen molar-refractivity contribution in [3.8, 4) is 0 Å². The van der Waals surface area contributed by atoms with Gasteiger partial charge in [-0.25, -0.2) is 0 Å². The number of carbonyl (C=O) groups is 1. The number of Topliss-reactive ketones (excluding diaryl/α,β-unsaturated/α-hetero) is 1. The molecule has 0 amide bonds. The molecule has 1 aliphatic heterocycles. The van der Waals surface area contributed by atoms with Gasteiger partial charge in [0, 0.05) is 22.6 Å². The maximum absolute atomic E-state index is 11.9. The van der Waals surface area contributed by atoms with Gasteiger partial charge in [0.25, 0.3) is 0 Å². The van der Waals surface area contributed by atoms with Crippen LogP contribution in [0.15, 0.2) is 12.1 Å². The Morgan fingerprint density at radius 1 is 1.47 bits per heavy atom. The van der Waals surface area contributed by atoms with Crippen LogP contribution in [-0.4, -0.2) is 18.9 Å². The van der Waals surface area contributed by atoms with Crippen molar-refractivity contribution in [1.82, 2.24) is 5.32 Å². The Morgan fingerprint density at radius 3 is 2.94 bits per heavy atom. The Hall–Kier alpha value is -0.670. The molecule has 2 heterocycles. The fraction of sp³-hybridized carbons (Fsp3) is 0.643. The van der Waals surface area contributed by atoms with E-state index < -0.39 is 0 Å². The summed E-state index contributed by atoms with van der Waals surface area (Å²) in [5, 5.41) is 3.35. The van der Waals surface area contributed by atoms with E-state index in [0.717, 1.165) is 38.3 Å².